The lowest BCUT2D eigenvalue weighted by atomic mass is 10.1. The van der Waals surface area contributed by atoms with E-state index in [0.29, 0.717) is 22.0 Å². The molecule has 0 unspecified atom stereocenters. The number of hydrogen-bond donors (Lipinski definition) is 1. The van der Waals surface area contributed by atoms with Gasteiger partial charge in [0.25, 0.3) is 10.0 Å². The maximum atomic E-state index is 14.0. The molecule has 7 nitrogen and oxygen atoms in total. The van der Waals surface area contributed by atoms with Crippen LogP contribution in [-0.2, 0) is 26.2 Å². The van der Waals surface area contributed by atoms with E-state index < -0.39 is 34.1 Å². The minimum atomic E-state index is -4.16. The first-order valence-corrected chi connectivity index (χ1v) is 14.7. The first-order chi connectivity index (χ1) is 18.3. The highest BCUT2D eigenvalue weighted by Gasteiger charge is 2.34. The van der Waals surface area contributed by atoms with E-state index >= 15 is 0 Å². The van der Waals surface area contributed by atoms with Crippen LogP contribution >= 0.6 is 23.2 Å². The van der Waals surface area contributed by atoms with Crippen molar-refractivity contribution < 1.29 is 18.0 Å². The van der Waals surface area contributed by atoms with E-state index in [0.717, 1.165) is 4.31 Å². The Morgan fingerprint density at radius 2 is 1.56 bits per heavy atom. The average molecular weight is 591 g/mol. The SMILES string of the molecule is CC[C@H](C(=O)NC(C)(C)C)N(Cc1ccccc1Cl)C(=O)CN(c1cccc(Cl)c1)S(=O)(=O)c1ccccc1. The number of carbonyl (C=O) groups is 2. The van der Waals surface area contributed by atoms with Crippen molar-refractivity contribution in [2.75, 3.05) is 10.8 Å². The Bertz CT molecular complexity index is 1410. The topological polar surface area (TPSA) is 86.8 Å². The van der Waals surface area contributed by atoms with Gasteiger partial charge in [0.1, 0.15) is 12.6 Å². The molecule has 0 saturated carbocycles. The Labute approximate surface area is 240 Å². The van der Waals surface area contributed by atoms with Gasteiger partial charge in [0.05, 0.1) is 10.6 Å². The van der Waals surface area contributed by atoms with Crippen LogP contribution in [0.3, 0.4) is 0 Å². The summed E-state index contributed by atoms with van der Waals surface area (Å²) in [5.74, 6) is -0.907. The molecule has 0 aliphatic rings. The van der Waals surface area contributed by atoms with Gasteiger partial charge in [-0.15, -0.1) is 0 Å². The average Bonchev–Trinajstić information content (AvgIpc) is 2.87. The zero-order valence-electron chi connectivity index (χ0n) is 22.4. The van der Waals surface area contributed by atoms with Gasteiger partial charge >= 0.3 is 0 Å². The van der Waals surface area contributed by atoms with Gasteiger partial charge in [-0.3, -0.25) is 13.9 Å². The van der Waals surface area contributed by atoms with Gasteiger partial charge in [-0.25, -0.2) is 8.42 Å². The van der Waals surface area contributed by atoms with Crippen molar-refractivity contribution in [3.63, 3.8) is 0 Å². The second-order valence-corrected chi connectivity index (χ2v) is 12.8. The van der Waals surface area contributed by atoms with Crippen molar-refractivity contribution in [2.24, 2.45) is 0 Å². The van der Waals surface area contributed by atoms with Crippen molar-refractivity contribution in [3.05, 3.63) is 94.5 Å². The van der Waals surface area contributed by atoms with E-state index in [2.05, 4.69) is 5.32 Å². The lowest BCUT2D eigenvalue weighted by Gasteiger charge is -2.35. The van der Waals surface area contributed by atoms with Crippen LogP contribution in [0, 0.1) is 0 Å². The first kappa shape index (κ1) is 30.5. The molecule has 10 heteroatoms. The summed E-state index contributed by atoms with van der Waals surface area (Å²) in [6.45, 7) is 6.82. The fourth-order valence-corrected chi connectivity index (χ4v) is 5.87. The van der Waals surface area contributed by atoms with Crippen molar-refractivity contribution in [3.8, 4) is 0 Å². The number of nitrogens with one attached hydrogen (secondary N) is 1. The first-order valence-electron chi connectivity index (χ1n) is 12.5. The molecule has 208 valence electrons. The highest BCUT2D eigenvalue weighted by atomic mass is 35.5. The van der Waals surface area contributed by atoms with Gasteiger partial charge in [0.15, 0.2) is 0 Å². The van der Waals surface area contributed by atoms with Gasteiger partial charge in [-0.05, 0) is 69.2 Å². The largest absolute Gasteiger partial charge is 0.350 e. The molecule has 1 atom stereocenters. The van der Waals surface area contributed by atoms with Crippen LogP contribution in [0.4, 0.5) is 5.69 Å². The van der Waals surface area contributed by atoms with Crippen molar-refractivity contribution in [1.82, 2.24) is 10.2 Å². The molecule has 0 spiro atoms. The van der Waals surface area contributed by atoms with Crippen molar-refractivity contribution in [1.29, 1.82) is 0 Å². The number of nitrogens with zero attached hydrogens (tertiary/aromatic N) is 2. The van der Waals surface area contributed by atoms with Crippen LogP contribution in [0.1, 0.15) is 39.7 Å². The monoisotopic (exact) mass is 589 g/mol. The highest BCUT2D eigenvalue weighted by Crippen LogP contribution is 2.27. The second kappa shape index (κ2) is 12.9. The summed E-state index contributed by atoms with van der Waals surface area (Å²) in [5.41, 5.74) is 0.326. The normalized spacial score (nSPS) is 12.5. The maximum Gasteiger partial charge on any atom is 0.264 e. The summed E-state index contributed by atoms with van der Waals surface area (Å²) in [6.07, 6.45) is 0.306. The lowest BCUT2D eigenvalue weighted by Crippen LogP contribution is -2.55. The van der Waals surface area contributed by atoms with Crippen LogP contribution in [-0.4, -0.2) is 43.3 Å². The predicted octanol–water partition coefficient (Wildman–Crippen LogP) is 5.91. The molecule has 0 aliphatic carbocycles. The molecule has 1 N–H and O–H groups in total. The highest BCUT2D eigenvalue weighted by molar-refractivity contribution is 7.92. The number of carbonyl (C=O) groups excluding carboxylic acids is 2. The van der Waals surface area contributed by atoms with Crippen LogP contribution in [0.15, 0.2) is 83.8 Å². The van der Waals surface area contributed by atoms with E-state index in [1.807, 2.05) is 20.8 Å². The lowest BCUT2D eigenvalue weighted by molar-refractivity contribution is -0.141. The molecular formula is C29H33Cl2N3O4S. The Morgan fingerprint density at radius 1 is 0.923 bits per heavy atom. The van der Waals surface area contributed by atoms with Crippen LogP contribution in [0.2, 0.25) is 10.0 Å². The molecule has 0 aliphatic heterocycles. The summed E-state index contributed by atoms with van der Waals surface area (Å²) >= 11 is 12.6. The molecule has 3 rings (SSSR count). The number of sulfonamides is 1. The molecule has 3 aromatic rings. The van der Waals surface area contributed by atoms with Gasteiger partial charge in [-0.1, -0.05) is 72.6 Å². The van der Waals surface area contributed by atoms with Gasteiger partial charge in [-0.2, -0.15) is 0 Å². The molecule has 0 radical (unpaired) electrons. The quantitative estimate of drug-likeness (QED) is 0.318. The zero-order chi connectivity index (χ0) is 28.8. The summed E-state index contributed by atoms with van der Waals surface area (Å²) in [5, 5.41) is 3.69. The third-order valence-electron chi connectivity index (χ3n) is 5.89. The van der Waals surface area contributed by atoms with Crippen LogP contribution in [0.5, 0.6) is 0 Å². The fourth-order valence-electron chi connectivity index (χ4n) is 4.06. The van der Waals surface area contributed by atoms with Gasteiger partial charge in [0, 0.05) is 22.1 Å². The van der Waals surface area contributed by atoms with Crippen molar-refractivity contribution >= 4 is 50.7 Å². The molecule has 2 amide bonds. The molecule has 0 bridgehead atoms. The molecule has 39 heavy (non-hydrogen) atoms. The van der Waals surface area contributed by atoms with E-state index in [9.17, 15) is 18.0 Å². The summed E-state index contributed by atoms with van der Waals surface area (Å²) in [4.78, 5) is 28.8. The molecule has 0 aromatic heterocycles. The number of anilines is 1. The Hall–Kier alpha value is -3.07. The van der Waals surface area contributed by atoms with E-state index in [1.165, 1.54) is 23.1 Å². The van der Waals surface area contributed by atoms with Crippen LogP contribution in [0.25, 0.3) is 0 Å². The minimum Gasteiger partial charge on any atom is -0.350 e. The Balaban J connectivity index is 2.08. The molecule has 0 saturated heterocycles. The molecule has 3 aromatic carbocycles. The second-order valence-electron chi connectivity index (χ2n) is 10.1. The standard InChI is InChI=1S/C29H33Cl2N3O4S/c1-5-26(28(36)32-29(2,3)4)33(19-21-12-9-10-17-25(21)31)27(35)20-34(23-14-11-13-22(30)18-23)39(37,38)24-15-7-6-8-16-24/h6-18,26H,5,19-20H2,1-4H3,(H,32,36)/t26-/m1/s1. The van der Waals surface area contributed by atoms with Crippen LogP contribution < -0.4 is 9.62 Å². The van der Waals surface area contributed by atoms with Gasteiger partial charge in [0.2, 0.25) is 11.8 Å². The third-order valence-corrected chi connectivity index (χ3v) is 8.28. The molecule has 0 fully saturated rings. The predicted molar refractivity (Wildman–Crippen MR) is 156 cm³/mol. The van der Waals surface area contributed by atoms with Gasteiger partial charge < -0.3 is 10.2 Å². The number of benzene rings is 3. The summed E-state index contributed by atoms with van der Waals surface area (Å²) < 4.78 is 28.6. The van der Waals surface area contributed by atoms with E-state index in [1.54, 1.807) is 67.6 Å². The summed E-state index contributed by atoms with van der Waals surface area (Å²) in [6, 6.07) is 20.3. The number of amides is 2. The smallest absolute Gasteiger partial charge is 0.264 e. The number of rotatable bonds is 10. The maximum absolute atomic E-state index is 14.0. The fraction of sp³-hybridized carbons (Fsp3) is 0.310. The number of hydrogen-bond acceptors (Lipinski definition) is 4. The van der Waals surface area contributed by atoms with Crippen molar-refractivity contribution in [2.45, 2.75) is 57.1 Å². The Kier molecular flexibility index (Phi) is 10.0. The molecule has 0 heterocycles. The Morgan fingerprint density at radius 3 is 2.15 bits per heavy atom. The van der Waals surface area contributed by atoms with E-state index in [-0.39, 0.29) is 23.0 Å². The third kappa shape index (κ3) is 7.97. The van der Waals surface area contributed by atoms with E-state index in [4.69, 9.17) is 23.2 Å². The number of halogens is 2. The summed E-state index contributed by atoms with van der Waals surface area (Å²) in [7, 11) is -4.16. The minimum absolute atomic E-state index is 0.0172. The molecular weight excluding hydrogens is 557 g/mol. The zero-order valence-corrected chi connectivity index (χ0v) is 24.7.